The number of carbonyl (C=O) groups is 1. The fraction of sp³-hybridized carbons (Fsp3) is 0.188. The van der Waals surface area contributed by atoms with Crippen molar-refractivity contribution >= 4 is 5.97 Å². The average molecular weight is 313 g/mol. The molecule has 0 spiro atoms. The van der Waals surface area contributed by atoms with Gasteiger partial charge >= 0.3 is 5.97 Å². The van der Waals surface area contributed by atoms with Gasteiger partial charge in [0.1, 0.15) is 17.1 Å². The number of hydrogen-bond donors (Lipinski definition) is 1. The topological polar surface area (TPSA) is 90.2 Å². The molecule has 0 atom stereocenters. The van der Waals surface area contributed by atoms with Crippen LogP contribution in [0.4, 0.5) is 0 Å². The van der Waals surface area contributed by atoms with Gasteiger partial charge in [-0.2, -0.15) is 5.10 Å². The third kappa shape index (κ3) is 3.23. The summed E-state index contributed by atoms with van der Waals surface area (Å²) in [6.07, 6.45) is 3.01. The van der Waals surface area contributed by atoms with Gasteiger partial charge < -0.3 is 13.9 Å². The third-order valence-electron chi connectivity index (χ3n) is 3.23. The summed E-state index contributed by atoms with van der Waals surface area (Å²) in [6.45, 7) is 1.75. The number of nitrogens with zero attached hydrogens (tertiary/aromatic N) is 2. The summed E-state index contributed by atoms with van der Waals surface area (Å²) in [5, 5.41) is 6.74. The maximum atomic E-state index is 12.2. The highest BCUT2D eigenvalue weighted by Crippen LogP contribution is 2.24. The number of nitrogens with one attached hydrogen (secondary N) is 1. The third-order valence-corrected chi connectivity index (χ3v) is 3.23. The van der Waals surface area contributed by atoms with Crippen molar-refractivity contribution in [3.05, 3.63) is 53.9 Å². The zero-order chi connectivity index (χ0) is 16.2. The van der Waals surface area contributed by atoms with Crippen LogP contribution < -0.4 is 4.74 Å². The van der Waals surface area contributed by atoms with E-state index in [9.17, 15) is 4.79 Å². The van der Waals surface area contributed by atoms with Crippen molar-refractivity contribution in [2.24, 2.45) is 0 Å². The van der Waals surface area contributed by atoms with Crippen LogP contribution in [-0.4, -0.2) is 28.3 Å². The summed E-state index contributed by atoms with van der Waals surface area (Å²) in [4.78, 5) is 16.2. The zero-order valence-electron chi connectivity index (χ0n) is 12.7. The molecule has 2 heterocycles. The molecule has 2 aromatic heterocycles. The molecule has 3 aromatic rings. The Balaban J connectivity index is 1.75. The Hall–Kier alpha value is -3.09. The Labute approximate surface area is 132 Å². The van der Waals surface area contributed by atoms with E-state index in [0.29, 0.717) is 22.9 Å². The fourth-order valence-electron chi connectivity index (χ4n) is 2.09. The highest BCUT2D eigenvalue weighted by Gasteiger charge is 2.17. The predicted octanol–water partition coefficient (Wildman–Crippen LogP) is 2.74. The maximum absolute atomic E-state index is 12.2. The second kappa shape index (κ2) is 6.35. The Morgan fingerprint density at radius 2 is 2.04 bits per heavy atom. The fourth-order valence-corrected chi connectivity index (χ4v) is 2.09. The van der Waals surface area contributed by atoms with Crippen molar-refractivity contribution < 1.29 is 18.7 Å². The van der Waals surface area contributed by atoms with Gasteiger partial charge in [0.15, 0.2) is 6.61 Å². The van der Waals surface area contributed by atoms with Crippen LogP contribution in [0.25, 0.3) is 11.3 Å². The zero-order valence-corrected chi connectivity index (χ0v) is 12.7. The molecular weight excluding hydrogens is 298 g/mol. The van der Waals surface area contributed by atoms with Crippen LogP contribution in [0.1, 0.15) is 22.0 Å². The molecule has 118 valence electrons. The molecule has 0 fully saturated rings. The maximum Gasteiger partial charge on any atom is 0.342 e. The van der Waals surface area contributed by atoms with E-state index in [-0.39, 0.29) is 6.61 Å². The van der Waals surface area contributed by atoms with Gasteiger partial charge in [-0.05, 0) is 31.2 Å². The Bertz CT molecular complexity index is 805. The van der Waals surface area contributed by atoms with Crippen LogP contribution in [0.3, 0.4) is 0 Å². The number of hydrogen-bond acceptors (Lipinski definition) is 6. The highest BCUT2D eigenvalue weighted by atomic mass is 16.5. The summed E-state index contributed by atoms with van der Waals surface area (Å²) in [5.41, 5.74) is 1.74. The van der Waals surface area contributed by atoms with E-state index in [1.165, 1.54) is 6.20 Å². The Morgan fingerprint density at radius 1 is 1.26 bits per heavy atom. The lowest BCUT2D eigenvalue weighted by molar-refractivity contribution is 0.0438. The van der Waals surface area contributed by atoms with E-state index in [0.717, 1.165) is 11.3 Å². The van der Waals surface area contributed by atoms with Gasteiger partial charge in [-0.25, -0.2) is 9.78 Å². The van der Waals surface area contributed by atoms with Crippen molar-refractivity contribution in [2.45, 2.75) is 13.5 Å². The van der Waals surface area contributed by atoms with Crippen molar-refractivity contribution in [2.75, 3.05) is 7.11 Å². The number of oxazole rings is 1. The molecule has 7 heteroatoms. The minimum atomic E-state index is -0.500. The number of esters is 1. The van der Waals surface area contributed by atoms with Crippen molar-refractivity contribution in [3.8, 4) is 17.0 Å². The number of rotatable bonds is 5. The first kappa shape index (κ1) is 14.8. The molecule has 0 aliphatic carbocycles. The normalized spacial score (nSPS) is 10.5. The van der Waals surface area contributed by atoms with Gasteiger partial charge in [0, 0.05) is 5.56 Å². The number of aromatic amines is 1. The van der Waals surface area contributed by atoms with E-state index < -0.39 is 5.97 Å². The highest BCUT2D eigenvalue weighted by molar-refractivity contribution is 5.95. The molecule has 1 N–H and O–H groups in total. The van der Waals surface area contributed by atoms with E-state index in [1.54, 1.807) is 32.4 Å². The number of carbonyl (C=O) groups excluding carboxylic acids is 1. The minimum absolute atomic E-state index is 0.0279. The first-order chi connectivity index (χ1) is 11.2. The SMILES string of the molecule is COc1ccc(-c2[nH]ncc2C(=O)OCc2ncc(C)o2)cc1. The van der Waals surface area contributed by atoms with E-state index in [4.69, 9.17) is 13.9 Å². The van der Waals surface area contributed by atoms with Crippen molar-refractivity contribution in [1.29, 1.82) is 0 Å². The molecule has 0 aliphatic heterocycles. The van der Waals surface area contributed by atoms with Gasteiger partial charge in [-0.3, -0.25) is 5.10 Å². The van der Waals surface area contributed by atoms with Crippen LogP contribution in [0, 0.1) is 6.92 Å². The van der Waals surface area contributed by atoms with Gasteiger partial charge in [0.05, 0.1) is 25.2 Å². The minimum Gasteiger partial charge on any atom is -0.497 e. The molecule has 7 nitrogen and oxygen atoms in total. The number of methoxy groups -OCH3 is 1. The van der Waals surface area contributed by atoms with Crippen LogP contribution in [0.5, 0.6) is 5.75 Å². The van der Waals surface area contributed by atoms with Gasteiger partial charge in [0.25, 0.3) is 0 Å². The summed E-state index contributed by atoms with van der Waals surface area (Å²) in [6, 6.07) is 7.28. The van der Waals surface area contributed by atoms with Crippen LogP contribution in [0.2, 0.25) is 0 Å². The lowest BCUT2D eigenvalue weighted by atomic mass is 10.1. The van der Waals surface area contributed by atoms with E-state index >= 15 is 0 Å². The second-order valence-corrected chi connectivity index (χ2v) is 4.83. The molecule has 0 bridgehead atoms. The summed E-state index contributed by atoms with van der Waals surface area (Å²) >= 11 is 0. The number of aryl methyl sites for hydroxylation is 1. The molecule has 0 radical (unpaired) electrons. The number of benzene rings is 1. The largest absolute Gasteiger partial charge is 0.497 e. The van der Waals surface area contributed by atoms with Crippen LogP contribution in [0.15, 0.2) is 41.1 Å². The van der Waals surface area contributed by atoms with Gasteiger partial charge in [0.2, 0.25) is 5.89 Å². The molecule has 0 unspecified atom stereocenters. The number of ether oxygens (including phenoxy) is 2. The Kier molecular flexibility index (Phi) is 4.09. The first-order valence-electron chi connectivity index (χ1n) is 6.93. The number of H-pyrrole nitrogens is 1. The predicted molar refractivity (Wildman–Crippen MR) is 80.9 cm³/mol. The summed E-state index contributed by atoms with van der Waals surface area (Å²) in [5.74, 6) is 1.25. The standard InChI is InChI=1S/C16H15N3O4/c1-10-7-17-14(23-10)9-22-16(20)13-8-18-19-15(13)11-3-5-12(21-2)6-4-11/h3-8H,9H2,1-2H3,(H,18,19). The second-order valence-electron chi connectivity index (χ2n) is 4.83. The summed E-state index contributed by atoms with van der Waals surface area (Å²) in [7, 11) is 1.60. The summed E-state index contributed by atoms with van der Waals surface area (Å²) < 4.78 is 15.6. The molecule has 0 amide bonds. The van der Waals surface area contributed by atoms with Gasteiger partial charge in [-0.1, -0.05) is 0 Å². The molecular formula is C16H15N3O4. The van der Waals surface area contributed by atoms with Crippen molar-refractivity contribution in [3.63, 3.8) is 0 Å². The monoisotopic (exact) mass is 313 g/mol. The lowest BCUT2D eigenvalue weighted by Crippen LogP contribution is -2.06. The van der Waals surface area contributed by atoms with Crippen LogP contribution in [-0.2, 0) is 11.3 Å². The van der Waals surface area contributed by atoms with Crippen LogP contribution >= 0.6 is 0 Å². The van der Waals surface area contributed by atoms with E-state index in [1.807, 2.05) is 12.1 Å². The van der Waals surface area contributed by atoms with E-state index in [2.05, 4.69) is 15.2 Å². The quantitative estimate of drug-likeness (QED) is 0.728. The molecule has 0 saturated carbocycles. The smallest absolute Gasteiger partial charge is 0.342 e. The molecule has 3 rings (SSSR count). The molecule has 23 heavy (non-hydrogen) atoms. The molecule has 0 saturated heterocycles. The first-order valence-corrected chi connectivity index (χ1v) is 6.93. The molecule has 0 aliphatic rings. The number of aromatic nitrogens is 3. The Morgan fingerprint density at radius 3 is 2.70 bits per heavy atom. The lowest BCUT2D eigenvalue weighted by Gasteiger charge is -2.05. The average Bonchev–Trinajstić information content (AvgIpc) is 3.21. The molecule has 1 aromatic carbocycles. The van der Waals surface area contributed by atoms with Gasteiger partial charge in [-0.15, -0.1) is 0 Å². The van der Waals surface area contributed by atoms with Crippen molar-refractivity contribution in [1.82, 2.24) is 15.2 Å².